The summed E-state index contributed by atoms with van der Waals surface area (Å²) in [5.74, 6) is 0.890. The zero-order chi connectivity index (χ0) is 16.5. The molecule has 0 radical (unpaired) electrons. The normalized spacial score (nSPS) is 10.9. The first kappa shape index (κ1) is 18.0. The van der Waals surface area contributed by atoms with E-state index in [4.69, 9.17) is 4.74 Å². The summed E-state index contributed by atoms with van der Waals surface area (Å²) in [5, 5.41) is 3.10. The fourth-order valence-corrected chi connectivity index (χ4v) is 3.47. The van der Waals surface area contributed by atoms with Crippen molar-refractivity contribution in [2.45, 2.75) is 26.2 Å². The Hall–Kier alpha value is -1.34. The van der Waals surface area contributed by atoms with Gasteiger partial charge in [0.1, 0.15) is 5.75 Å². The second-order valence-electron chi connectivity index (χ2n) is 5.03. The van der Waals surface area contributed by atoms with Crippen LogP contribution in [-0.2, 0) is 0 Å². The number of anilines is 1. The standard InChI is InChI=1S/C18H20INO2S/c1-2-3-4-13-22-15-7-5-14(6-8-15)20-12-11-16(21)17-9-10-18(19)23-17/h5-12,20H,2-4,13H2,1H3/b12-11-. The van der Waals surface area contributed by atoms with Gasteiger partial charge in [-0.15, -0.1) is 11.3 Å². The highest BCUT2D eigenvalue weighted by atomic mass is 127. The van der Waals surface area contributed by atoms with Crippen molar-refractivity contribution < 1.29 is 9.53 Å². The number of thiophene rings is 1. The molecule has 0 spiro atoms. The Bertz CT molecular complexity index is 649. The maximum absolute atomic E-state index is 11.9. The highest BCUT2D eigenvalue weighted by Crippen LogP contribution is 2.19. The number of carbonyl (C=O) groups excluding carboxylic acids is 1. The predicted molar refractivity (Wildman–Crippen MR) is 106 cm³/mol. The van der Waals surface area contributed by atoms with Gasteiger partial charge in [0, 0.05) is 18.0 Å². The first-order valence-electron chi connectivity index (χ1n) is 7.64. The van der Waals surface area contributed by atoms with Gasteiger partial charge in [0.05, 0.1) is 14.4 Å². The second kappa shape index (κ2) is 9.72. The van der Waals surface area contributed by atoms with Gasteiger partial charge in [0.2, 0.25) is 0 Å². The summed E-state index contributed by atoms with van der Waals surface area (Å²) in [5.41, 5.74) is 0.927. The van der Waals surface area contributed by atoms with E-state index in [-0.39, 0.29) is 5.78 Å². The number of ketones is 1. The number of carbonyl (C=O) groups is 1. The van der Waals surface area contributed by atoms with Crippen molar-refractivity contribution >= 4 is 45.4 Å². The molecule has 0 saturated heterocycles. The van der Waals surface area contributed by atoms with E-state index in [0.29, 0.717) is 0 Å². The minimum atomic E-state index is 0.0151. The third kappa shape index (κ3) is 6.35. The number of allylic oxidation sites excluding steroid dienone is 1. The fraction of sp³-hybridized carbons (Fsp3) is 0.278. The topological polar surface area (TPSA) is 38.3 Å². The molecule has 0 aliphatic rings. The SMILES string of the molecule is CCCCCOc1ccc(N/C=C\C(=O)c2ccc(I)s2)cc1. The van der Waals surface area contributed by atoms with Crippen LogP contribution in [0.2, 0.25) is 0 Å². The molecule has 0 fully saturated rings. The number of hydrogen-bond donors (Lipinski definition) is 1. The summed E-state index contributed by atoms with van der Waals surface area (Å²) in [6.07, 6.45) is 6.70. The van der Waals surface area contributed by atoms with Gasteiger partial charge in [0.25, 0.3) is 0 Å². The number of unbranched alkanes of at least 4 members (excludes halogenated alkanes) is 2. The lowest BCUT2D eigenvalue weighted by molar-refractivity contribution is 0.105. The molecule has 1 aromatic heterocycles. The third-order valence-electron chi connectivity index (χ3n) is 3.17. The van der Waals surface area contributed by atoms with Gasteiger partial charge in [-0.05, 0) is 65.4 Å². The van der Waals surface area contributed by atoms with Crippen molar-refractivity contribution in [3.8, 4) is 5.75 Å². The summed E-state index contributed by atoms with van der Waals surface area (Å²) < 4.78 is 6.78. The van der Waals surface area contributed by atoms with E-state index < -0.39 is 0 Å². The van der Waals surface area contributed by atoms with Gasteiger partial charge in [-0.2, -0.15) is 0 Å². The van der Waals surface area contributed by atoms with Crippen LogP contribution in [0.4, 0.5) is 5.69 Å². The van der Waals surface area contributed by atoms with E-state index in [1.165, 1.54) is 24.2 Å². The number of halogens is 1. The first-order chi connectivity index (χ1) is 11.2. The highest BCUT2D eigenvalue weighted by molar-refractivity contribution is 14.1. The van der Waals surface area contributed by atoms with Crippen LogP contribution in [0.25, 0.3) is 0 Å². The summed E-state index contributed by atoms with van der Waals surface area (Å²) in [4.78, 5) is 12.7. The Morgan fingerprint density at radius 2 is 2.00 bits per heavy atom. The molecule has 23 heavy (non-hydrogen) atoms. The lowest BCUT2D eigenvalue weighted by Gasteiger charge is -2.06. The average Bonchev–Trinajstić information content (AvgIpc) is 2.99. The number of rotatable bonds is 9. The monoisotopic (exact) mass is 441 g/mol. The second-order valence-corrected chi connectivity index (χ2v) is 8.00. The first-order valence-corrected chi connectivity index (χ1v) is 9.54. The van der Waals surface area contributed by atoms with Crippen molar-refractivity contribution in [1.82, 2.24) is 0 Å². The largest absolute Gasteiger partial charge is 0.494 e. The molecule has 0 aliphatic carbocycles. The van der Waals surface area contributed by atoms with Crippen LogP contribution in [0.15, 0.2) is 48.7 Å². The van der Waals surface area contributed by atoms with E-state index in [1.54, 1.807) is 12.3 Å². The van der Waals surface area contributed by atoms with Gasteiger partial charge in [0.15, 0.2) is 5.78 Å². The fourth-order valence-electron chi connectivity index (χ4n) is 1.93. The Morgan fingerprint density at radius 3 is 2.65 bits per heavy atom. The summed E-state index contributed by atoms with van der Waals surface area (Å²) in [6.45, 7) is 2.94. The van der Waals surface area contributed by atoms with Gasteiger partial charge >= 0.3 is 0 Å². The van der Waals surface area contributed by atoms with E-state index >= 15 is 0 Å². The highest BCUT2D eigenvalue weighted by Gasteiger charge is 2.04. The van der Waals surface area contributed by atoms with Crippen LogP contribution in [0.1, 0.15) is 35.9 Å². The number of hydrogen-bond acceptors (Lipinski definition) is 4. The molecule has 0 amide bonds. The molecule has 5 heteroatoms. The van der Waals surface area contributed by atoms with Crippen LogP contribution in [0.3, 0.4) is 0 Å². The molecule has 2 rings (SSSR count). The van der Waals surface area contributed by atoms with Crippen LogP contribution in [0, 0.1) is 2.88 Å². The van der Waals surface area contributed by atoms with Crippen LogP contribution in [0.5, 0.6) is 5.75 Å². The van der Waals surface area contributed by atoms with Crippen molar-refractivity contribution in [2.75, 3.05) is 11.9 Å². The lowest BCUT2D eigenvalue weighted by Crippen LogP contribution is -1.97. The molecule has 1 N–H and O–H groups in total. The van der Waals surface area contributed by atoms with E-state index in [1.807, 2.05) is 36.4 Å². The lowest BCUT2D eigenvalue weighted by atomic mass is 10.2. The van der Waals surface area contributed by atoms with Gasteiger partial charge in [-0.25, -0.2) is 0 Å². The number of ether oxygens (including phenoxy) is 1. The van der Waals surface area contributed by atoms with Crippen LogP contribution in [-0.4, -0.2) is 12.4 Å². The Kier molecular flexibility index (Phi) is 7.61. The third-order valence-corrected chi connectivity index (χ3v) is 5.08. The Labute approximate surface area is 154 Å². The maximum atomic E-state index is 11.9. The van der Waals surface area contributed by atoms with Crippen LogP contribution >= 0.6 is 33.9 Å². The quantitative estimate of drug-likeness (QED) is 0.234. The van der Waals surface area contributed by atoms with E-state index in [0.717, 1.165) is 32.2 Å². The molecule has 2 aromatic rings. The van der Waals surface area contributed by atoms with Gasteiger partial charge in [-0.3, -0.25) is 4.79 Å². The van der Waals surface area contributed by atoms with Crippen molar-refractivity contribution in [3.05, 3.63) is 56.4 Å². The van der Waals surface area contributed by atoms with Crippen molar-refractivity contribution in [1.29, 1.82) is 0 Å². The Balaban J connectivity index is 1.79. The minimum absolute atomic E-state index is 0.0151. The molecule has 0 atom stereocenters. The van der Waals surface area contributed by atoms with Crippen molar-refractivity contribution in [3.63, 3.8) is 0 Å². The predicted octanol–water partition coefficient (Wildman–Crippen LogP) is 5.73. The van der Waals surface area contributed by atoms with Gasteiger partial charge < -0.3 is 10.1 Å². The Morgan fingerprint density at radius 1 is 1.22 bits per heavy atom. The molecule has 122 valence electrons. The molecule has 3 nitrogen and oxygen atoms in total. The molecular weight excluding hydrogens is 421 g/mol. The minimum Gasteiger partial charge on any atom is -0.494 e. The molecule has 0 unspecified atom stereocenters. The van der Waals surface area contributed by atoms with Crippen LogP contribution < -0.4 is 10.1 Å². The molecule has 1 aromatic carbocycles. The zero-order valence-electron chi connectivity index (χ0n) is 13.0. The molecule has 0 saturated carbocycles. The maximum Gasteiger partial charge on any atom is 0.197 e. The van der Waals surface area contributed by atoms with E-state index in [9.17, 15) is 4.79 Å². The molecular formula is C18H20INO2S. The number of nitrogens with one attached hydrogen (secondary N) is 1. The zero-order valence-corrected chi connectivity index (χ0v) is 16.0. The average molecular weight is 441 g/mol. The molecule has 1 heterocycles. The van der Waals surface area contributed by atoms with Gasteiger partial charge in [-0.1, -0.05) is 19.8 Å². The summed E-state index contributed by atoms with van der Waals surface area (Å²) in [6, 6.07) is 11.6. The smallest absolute Gasteiger partial charge is 0.197 e. The molecule has 0 bridgehead atoms. The summed E-state index contributed by atoms with van der Waals surface area (Å²) >= 11 is 3.71. The summed E-state index contributed by atoms with van der Waals surface area (Å²) in [7, 11) is 0. The van der Waals surface area contributed by atoms with E-state index in [2.05, 4.69) is 34.8 Å². The van der Waals surface area contributed by atoms with Crippen molar-refractivity contribution in [2.24, 2.45) is 0 Å². The number of benzene rings is 1. The molecule has 0 aliphatic heterocycles.